The van der Waals surface area contributed by atoms with E-state index in [0.29, 0.717) is 13.0 Å². The molecule has 0 saturated carbocycles. The van der Waals surface area contributed by atoms with E-state index in [-0.39, 0.29) is 28.2 Å². The van der Waals surface area contributed by atoms with Crippen LogP contribution >= 0.6 is 23.5 Å². The highest BCUT2D eigenvalue weighted by Gasteiger charge is 2.16. The second-order valence-electron chi connectivity index (χ2n) is 4.65. The Kier molecular flexibility index (Phi) is 7.45. The SMILES string of the molecule is O=C(NCCCSc1ccc(F)cc1)c1cccnc1SC(F)F. The minimum Gasteiger partial charge on any atom is -0.352 e. The van der Waals surface area contributed by atoms with Gasteiger partial charge in [0.25, 0.3) is 11.7 Å². The van der Waals surface area contributed by atoms with Gasteiger partial charge in [-0.25, -0.2) is 9.37 Å². The van der Waals surface area contributed by atoms with E-state index in [1.165, 1.54) is 30.5 Å². The van der Waals surface area contributed by atoms with E-state index in [0.717, 1.165) is 10.6 Å². The lowest BCUT2D eigenvalue weighted by Crippen LogP contribution is -2.25. The van der Waals surface area contributed by atoms with Gasteiger partial charge < -0.3 is 5.32 Å². The summed E-state index contributed by atoms with van der Waals surface area (Å²) in [4.78, 5) is 16.8. The number of nitrogens with zero attached hydrogens (tertiary/aromatic N) is 1. The molecule has 3 nitrogen and oxygen atoms in total. The summed E-state index contributed by atoms with van der Waals surface area (Å²) < 4.78 is 37.7. The summed E-state index contributed by atoms with van der Waals surface area (Å²) in [5.74, 6) is -2.57. The van der Waals surface area contributed by atoms with Crippen LogP contribution in [-0.2, 0) is 0 Å². The molecule has 2 rings (SSSR count). The summed E-state index contributed by atoms with van der Waals surface area (Å²) in [7, 11) is 0. The third-order valence-electron chi connectivity index (χ3n) is 2.91. The number of hydrogen-bond acceptors (Lipinski definition) is 4. The Labute approximate surface area is 146 Å². The van der Waals surface area contributed by atoms with Crippen molar-refractivity contribution in [3.63, 3.8) is 0 Å². The molecule has 0 spiro atoms. The number of halogens is 3. The molecule has 1 amide bonds. The molecule has 1 aromatic heterocycles. The normalized spacial score (nSPS) is 10.8. The number of aromatic nitrogens is 1. The number of amides is 1. The van der Waals surface area contributed by atoms with Crippen LogP contribution in [0.1, 0.15) is 16.8 Å². The van der Waals surface area contributed by atoms with Crippen molar-refractivity contribution in [2.75, 3.05) is 12.3 Å². The standard InChI is InChI=1S/C16H15F3N2OS2/c17-11-4-6-12(7-5-11)23-10-2-9-20-14(22)13-3-1-8-21-15(13)24-16(18)19/h1,3-8,16H,2,9-10H2,(H,20,22). The first-order chi connectivity index (χ1) is 11.6. The van der Waals surface area contributed by atoms with E-state index in [2.05, 4.69) is 10.3 Å². The molecule has 0 saturated heterocycles. The van der Waals surface area contributed by atoms with Gasteiger partial charge in [-0.05, 0) is 60.3 Å². The monoisotopic (exact) mass is 372 g/mol. The maximum absolute atomic E-state index is 12.8. The molecule has 24 heavy (non-hydrogen) atoms. The number of pyridine rings is 1. The zero-order valence-corrected chi connectivity index (χ0v) is 14.2. The van der Waals surface area contributed by atoms with Crippen molar-refractivity contribution >= 4 is 29.4 Å². The molecule has 0 aliphatic carbocycles. The van der Waals surface area contributed by atoms with E-state index in [4.69, 9.17) is 0 Å². The van der Waals surface area contributed by atoms with E-state index in [9.17, 15) is 18.0 Å². The van der Waals surface area contributed by atoms with Crippen molar-refractivity contribution in [1.29, 1.82) is 0 Å². The average molecular weight is 372 g/mol. The van der Waals surface area contributed by atoms with Gasteiger partial charge in [-0.3, -0.25) is 4.79 Å². The highest BCUT2D eigenvalue weighted by Crippen LogP contribution is 2.26. The molecule has 0 aliphatic heterocycles. The summed E-state index contributed by atoms with van der Waals surface area (Å²) in [6.45, 7) is 0.417. The topological polar surface area (TPSA) is 42.0 Å². The molecule has 1 aromatic carbocycles. The number of hydrogen-bond donors (Lipinski definition) is 1. The molecular weight excluding hydrogens is 357 g/mol. The van der Waals surface area contributed by atoms with Gasteiger partial charge in [-0.2, -0.15) is 8.78 Å². The van der Waals surface area contributed by atoms with Crippen molar-refractivity contribution in [3.05, 3.63) is 54.0 Å². The molecule has 0 aliphatic rings. The van der Waals surface area contributed by atoms with Crippen LogP contribution in [0.2, 0.25) is 0 Å². The van der Waals surface area contributed by atoms with E-state index in [1.54, 1.807) is 23.9 Å². The summed E-state index contributed by atoms with van der Waals surface area (Å²) >= 11 is 1.81. The molecule has 0 radical (unpaired) electrons. The predicted octanol–water partition coefficient (Wildman–Crippen LogP) is 4.45. The molecule has 1 N–H and O–H groups in total. The first kappa shape index (κ1) is 18.7. The van der Waals surface area contributed by atoms with Crippen molar-refractivity contribution in [2.45, 2.75) is 22.1 Å². The van der Waals surface area contributed by atoms with Crippen molar-refractivity contribution < 1.29 is 18.0 Å². The fourth-order valence-corrected chi connectivity index (χ4v) is 3.26. The van der Waals surface area contributed by atoms with Gasteiger partial charge in [-0.15, -0.1) is 11.8 Å². The summed E-state index contributed by atoms with van der Waals surface area (Å²) in [5.41, 5.74) is 0.147. The van der Waals surface area contributed by atoms with Crippen LogP contribution in [0.25, 0.3) is 0 Å². The smallest absolute Gasteiger partial charge is 0.290 e. The Hall–Kier alpha value is -1.67. The number of nitrogens with one attached hydrogen (secondary N) is 1. The van der Waals surface area contributed by atoms with E-state index < -0.39 is 11.7 Å². The molecule has 0 bridgehead atoms. The second kappa shape index (κ2) is 9.58. The first-order valence-electron chi connectivity index (χ1n) is 7.12. The first-order valence-corrected chi connectivity index (χ1v) is 8.99. The zero-order valence-electron chi connectivity index (χ0n) is 12.5. The number of thioether (sulfide) groups is 2. The van der Waals surface area contributed by atoms with E-state index in [1.807, 2.05) is 0 Å². The molecule has 1 heterocycles. The molecule has 0 fully saturated rings. The Bertz CT molecular complexity index is 669. The van der Waals surface area contributed by atoms with Crippen LogP contribution in [0, 0.1) is 5.82 Å². The Morgan fingerprint density at radius 2 is 1.96 bits per heavy atom. The highest BCUT2D eigenvalue weighted by atomic mass is 32.2. The van der Waals surface area contributed by atoms with Gasteiger partial charge in [-0.1, -0.05) is 0 Å². The van der Waals surface area contributed by atoms with Gasteiger partial charge >= 0.3 is 0 Å². The highest BCUT2D eigenvalue weighted by molar-refractivity contribution is 7.99. The van der Waals surface area contributed by atoms with Crippen LogP contribution in [0.15, 0.2) is 52.5 Å². The van der Waals surface area contributed by atoms with Gasteiger partial charge in [0.2, 0.25) is 0 Å². The van der Waals surface area contributed by atoms with Crippen LogP contribution < -0.4 is 5.32 Å². The van der Waals surface area contributed by atoms with Gasteiger partial charge in [0, 0.05) is 17.6 Å². The molecule has 2 aromatic rings. The molecule has 128 valence electrons. The van der Waals surface area contributed by atoms with Crippen LogP contribution in [-0.4, -0.2) is 28.9 Å². The molecule has 0 unspecified atom stereocenters. The lowest BCUT2D eigenvalue weighted by Gasteiger charge is -2.08. The second-order valence-corrected chi connectivity index (χ2v) is 6.79. The zero-order chi connectivity index (χ0) is 17.4. The van der Waals surface area contributed by atoms with Gasteiger partial charge in [0.05, 0.1) is 5.56 Å². The molecular formula is C16H15F3N2OS2. The maximum Gasteiger partial charge on any atom is 0.290 e. The molecule has 8 heteroatoms. The fourth-order valence-electron chi connectivity index (χ4n) is 1.83. The third kappa shape index (κ3) is 6.09. The number of alkyl halides is 2. The Morgan fingerprint density at radius 3 is 2.67 bits per heavy atom. The van der Waals surface area contributed by atoms with Crippen molar-refractivity contribution in [1.82, 2.24) is 10.3 Å². The van der Waals surface area contributed by atoms with Crippen LogP contribution in [0.4, 0.5) is 13.2 Å². The van der Waals surface area contributed by atoms with Crippen LogP contribution in [0.5, 0.6) is 0 Å². The van der Waals surface area contributed by atoms with Gasteiger partial charge in [0.15, 0.2) is 0 Å². The largest absolute Gasteiger partial charge is 0.352 e. The summed E-state index contributed by atoms with van der Waals surface area (Å²) in [5, 5.41) is 2.72. The summed E-state index contributed by atoms with van der Waals surface area (Å²) in [6.07, 6.45) is 2.08. The van der Waals surface area contributed by atoms with Gasteiger partial charge in [0.1, 0.15) is 10.8 Å². The maximum atomic E-state index is 12.8. The van der Waals surface area contributed by atoms with Crippen molar-refractivity contribution in [2.24, 2.45) is 0 Å². The fraction of sp³-hybridized carbons (Fsp3) is 0.250. The number of benzene rings is 1. The minimum atomic E-state index is -2.63. The number of carbonyl (C=O) groups is 1. The lowest BCUT2D eigenvalue weighted by atomic mass is 10.2. The lowest BCUT2D eigenvalue weighted by molar-refractivity contribution is 0.0950. The molecule has 0 atom stereocenters. The van der Waals surface area contributed by atoms with Crippen molar-refractivity contribution in [3.8, 4) is 0 Å². The predicted molar refractivity (Wildman–Crippen MR) is 90.2 cm³/mol. The number of rotatable bonds is 8. The van der Waals surface area contributed by atoms with E-state index >= 15 is 0 Å². The van der Waals surface area contributed by atoms with Crippen LogP contribution in [0.3, 0.4) is 0 Å². The third-order valence-corrected chi connectivity index (χ3v) is 4.73. The quantitative estimate of drug-likeness (QED) is 0.549. The number of carbonyl (C=O) groups excluding carboxylic acids is 1. The summed E-state index contributed by atoms with van der Waals surface area (Å²) in [6, 6.07) is 9.20. The minimum absolute atomic E-state index is 0.0192. The Balaban J connectivity index is 1.76. The Morgan fingerprint density at radius 1 is 1.21 bits per heavy atom. The average Bonchev–Trinajstić information content (AvgIpc) is 2.56.